The molecule has 0 aromatic carbocycles. The van der Waals surface area contributed by atoms with Crippen molar-refractivity contribution in [3.05, 3.63) is 0 Å². The highest BCUT2D eigenvalue weighted by atomic mass is 16.4. The fraction of sp³-hybridized carbons (Fsp3) is 0.846. The first-order chi connectivity index (χ1) is 7.35. The highest BCUT2D eigenvalue weighted by Gasteiger charge is 2.35. The highest BCUT2D eigenvalue weighted by Crippen LogP contribution is 2.45. The molecule has 0 aromatic rings. The number of carbonyl (C=O) groups is 2. The predicted molar refractivity (Wildman–Crippen MR) is 62.2 cm³/mol. The van der Waals surface area contributed by atoms with E-state index in [0.29, 0.717) is 5.92 Å². The van der Waals surface area contributed by atoms with Crippen LogP contribution in [-0.2, 0) is 9.59 Å². The summed E-state index contributed by atoms with van der Waals surface area (Å²) in [6.45, 7) is 6.68. The van der Waals surface area contributed by atoms with E-state index in [1.54, 1.807) is 0 Å². The average molecular weight is 226 g/mol. The minimum atomic E-state index is -1.28. The van der Waals surface area contributed by atoms with Gasteiger partial charge in [0.1, 0.15) is 0 Å². The summed E-state index contributed by atoms with van der Waals surface area (Å²) in [5.41, 5.74) is 0.279. The van der Waals surface area contributed by atoms with Gasteiger partial charge in [-0.15, -0.1) is 0 Å². The van der Waals surface area contributed by atoms with Gasteiger partial charge in [0, 0.05) is 6.42 Å². The lowest BCUT2D eigenvalue weighted by atomic mass is 9.64. The van der Waals surface area contributed by atoms with Gasteiger partial charge in [-0.25, -0.2) is 4.79 Å². The van der Waals surface area contributed by atoms with Crippen LogP contribution in [0.1, 0.15) is 52.9 Å². The molecule has 3 nitrogen and oxygen atoms in total. The summed E-state index contributed by atoms with van der Waals surface area (Å²) in [7, 11) is 0. The molecule has 0 heterocycles. The van der Waals surface area contributed by atoms with Gasteiger partial charge in [-0.3, -0.25) is 4.79 Å². The van der Waals surface area contributed by atoms with Crippen LogP contribution < -0.4 is 0 Å². The molecule has 0 spiro atoms. The maximum absolute atomic E-state index is 11.2. The van der Waals surface area contributed by atoms with Crippen molar-refractivity contribution in [3.8, 4) is 0 Å². The van der Waals surface area contributed by atoms with Crippen molar-refractivity contribution in [3.63, 3.8) is 0 Å². The molecular formula is C13H22O3. The second-order valence-electron chi connectivity index (χ2n) is 5.70. The van der Waals surface area contributed by atoms with Gasteiger partial charge in [0.2, 0.25) is 5.78 Å². The Morgan fingerprint density at radius 2 is 2.06 bits per heavy atom. The van der Waals surface area contributed by atoms with Crippen LogP contribution in [0.15, 0.2) is 0 Å². The Balaban J connectivity index is 2.57. The van der Waals surface area contributed by atoms with Crippen molar-refractivity contribution < 1.29 is 14.7 Å². The fourth-order valence-corrected chi connectivity index (χ4v) is 2.71. The van der Waals surface area contributed by atoms with Crippen LogP contribution in [0.2, 0.25) is 0 Å². The molecule has 1 N–H and O–H groups in total. The molecule has 1 rings (SSSR count). The topological polar surface area (TPSA) is 54.4 Å². The smallest absolute Gasteiger partial charge is 0.372 e. The zero-order chi connectivity index (χ0) is 12.3. The Morgan fingerprint density at radius 3 is 2.56 bits per heavy atom. The second-order valence-corrected chi connectivity index (χ2v) is 5.70. The van der Waals surface area contributed by atoms with E-state index in [1.807, 2.05) is 0 Å². The van der Waals surface area contributed by atoms with Crippen molar-refractivity contribution >= 4 is 11.8 Å². The number of carboxylic acids is 1. The van der Waals surface area contributed by atoms with E-state index in [2.05, 4.69) is 20.8 Å². The van der Waals surface area contributed by atoms with Gasteiger partial charge in [0.15, 0.2) is 0 Å². The molecule has 0 saturated heterocycles. The number of hydrogen-bond donors (Lipinski definition) is 1. The minimum absolute atomic E-state index is 0.220. The predicted octanol–water partition coefficient (Wildman–Crippen LogP) is 2.88. The third-order valence-electron chi connectivity index (χ3n) is 4.22. The van der Waals surface area contributed by atoms with Gasteiger partial charge in [0.25, 0.3) is 0 Å². The average Bonchev–Trinajstić information content (AvgIpc) is 2.17. The zero-order valence-electron chi connectivity index (χ0n) is 10.5. The number of rotatable bonds is 4. The van der Waals surface area contributed by atoms with E-state index in [1.165, 1.54) is 6.42 Å². The number of ketones is 1. The molecule has 1 saturated carbocycles. The Kier molecular flexibility index (Phi) is 4.11. The van der Waals surface area contributed by atoms with Crippen LogP contribution in [0.4, 0.5) is 0 Å². The molecule has 0 amide bonds. The summed E-state index contributed by atoms with van der Waals surface area (Å²) >= 11 is 0. The summed E-state index contributed by atoms with van der Waals surface area (Å²) in [5, 5.41) is 8.60. The zero-order valence-corrected chi connectivity index (χ0v) is 10.5. The fourth-order valence-electron chi connectivity index (χ4n) is 2.71. The lowest BCUT2D eigenvalue weighted by Gasteiger charge is -2.41. The van der Waals surface area contributed by atoms with Gasteiger partial charge >= 0.3 is 5.97 Å². The quantitative estimate of drug-likeness (QED) is 0.750. The van der Waals surface area contributed by atoms with Crippen LogP contribution >= 0.6 is 0 Å². The van der Waals surface area contributed by atoms with Gasteiger partial charge in [0.05, 0.1) is 0 Å². The van der Waals surface area contributed by atoms with E-state index in [-0.39, 0.29) is 17.8 Å². The Bertz CT molecular complexity index is 283. The third-order valence-corrected chi connectivity index (χ3v) is 4.22. The number of hydrogen-bond acceptors (Lipinski definition) is 2. The van der Waals surface area contributed by atoms with Crippen molar-refractivity contribution in [1.29, 1.82) is 0 Å². The van der Waals surface area contributed by atoms with E-state index in [0.717, 1.165) is 19.3 Å². The van der Waals surface area contributed by atoms with Crippen molar-refractivity contribution in [2.45, 2.75) is 52.9 Å². The van der Waals surface area contributed by atoms with Crippen molar-refractivity contribution in [2.75, 3.05) is 0 Å². The normalized spacial score (nSPS) is 30.4. The summed E-state index contributed by atoms with van der Waals surface area (Å²) in [4.78, 5) is 21.7. The maximum atomic E-state index is 11.2. The van der Waals surface area contributed by atoms with Crippen LogP contribution in [0.5, 0.6) is 0 Å². The Hall–Kier alpha value is -0.860. The molecule has 0 radical (unpaired) electrons. The summed E-state index contributed by atoms with van der Waals surface area (Å²) in [6, 6.07) is 0. The van der Waals surface area contributed by atoms with E-state index in [4.69, 9.17) is 5.11 Å². The molecule has 2 atom stereocenters. The third kappa shape index (κ3) is 3.06. The van der Waals surface area contributed by atoms with Crippen molar-refractivity contribution in [2.24, 2.45) is 17.3 Å². The first kappa shape index (κ1) is 13.2. The van der Waals surface area contributed by atoms with E-state index in [9.17, 15) is 9.59 Å². The number of carbonyl (C=O) groups excluding carboxylic acids is 1. The molecule has 92 valence electrons. The van der Waals surface area contributed by atoms with Crippen LogP contribution in [0.25, 0.3) is 0 Å². The largest absolute Gasteiger partial charge is 0.476 e. The number of aliphatic carboxylic acids is 1. The standard InChI is InChI=1S/C13H22O3/c1-9(2)13(3)6-4-5-10(8-13)7-11(14)12(15)16/h9-10H,4-8H2,1-3H3,(H,15,16). The lowest BCUT2D eigenvalue weighted by Crippen LogP contribution is -2.32. The molecule has 0 aromatic heterocycles. The monoisotopic (exact) mass is 226 g/mol. The van der Waals surface area contributed by atoms with Crippen LogP contribution in [-0.4, -0.2) is 16.9 Å². The lowest BCUT2D eigenvalue weighted by molar-refractivity contribution is -0.149. The summed E-state index contributed by atoms with van der Waals surface area (Å²) < 4.78 is 0. The van der Waals surface area contributed by atoms with Crippen LogP contribution in [0.3, 0.4) is 0 Å². The highest BCUT2D eigenvalue weighted by molar-refractivity contribution is 6.32. The van der Waals surface area contributed by atoms with Crippen molar-refractivity contribution in [1.82, 2.24) is 0 Å². The molecule has 0 aliphatic heterocycles. The Morgan fingerprint density at radius 1 is 1.44 bits per heavy atom. The second kappa shape index (κ2) is 4.98. The van der Waals surface area contributed by atoms with E-state index < -0.39 is 11.8 Å². The first-order valence-electron chi connectivity index (χ1n) is 6.11. The molecule has 1 aliphatic rings. The summed E-state index contributed by atoms with van der Waals surface area (Å²) in [6.07, 6.45) is 4.53. The molecule has 1 fully saturated rings. The molecule has 2 unspecified atom stereocenters. The van der Waals surface area contributed by atoms with Crippen LogP contribution in [0, 0.1) is 17.3 Å². The molecule has 1 aliphatic carbocycles. The van der Waals surface area contributed by atoms with Gasteiger partial charge in [-0.05, 0) is 36.5 Å². The number of Topliss-reactive ketones (excluding diaryl/α,β-unsaturated/α-hetero) is 1. The Labute approximate surface area is 97.2 Å². The number of carboxylic acid groups (broad SMARTS) is 1. The SMILES string of the molecule is CC(C)C1(C)CCCC(CC(=O)C(=O)O)C1. The minimum Gasteiger partial charge on any atom is -0.476 e. The molecular weight excluding hydrogens is 204 g/mol. The van der Waals surface area contributed by atoms with E-state index >= 15 is 0 Å². The molecule has 16 heavy (non-hydrogen) atoms. The molecule has 0 bridgehead atoms. The first-order valence-corrected chi connectivity index (χ1v) is 6.11. The van der Waals surface area contributed by atoms with Gasteiger partial charge in [-0.1, -0.05) is 27.2 Å². The molecule has 3 heteroatoms. The van der Waals surface area contributed by atoms with Gasteiger partial charge < -0.3 is 5.11 Å². The maximum Gasteiger partial charge on any atom is 0.372 e. The summed E-state index contributed by atoms with van der Waals surface area (Å²) in [5.74, 6) is -1.05. The van der Waals surface area contributed by atoms with Gasteiger partial charge in [-0.2, -0.15) is 0 Å².